The average molecular weight is 412 g/mol. The number of carbonyl (C=O) groups is 1. The van der Waals surface area contributed by atoms with Gasteiger partial charge in [0.2, 0.25) is 0 Å². The second kappa shape index (κ2) is 7.65. The minimum Gasteiger partial charge on any atom is -0.353 e. The van der Waals surface area contributed by atoms with Crippen molar-refractivity contribution in [2.75, 3.05) is 5.32 Å². The normalized spacial score (nSPS) is 11.1. The zero-order valence-corrected chi connectivity index (χ0v) is 16.8. The van der Waals surface area contributed by atoms with Crippen LogP contribution in [-0.4, -0.2) is 15.9 Å². The van der Waals surface area contributed by atoms with Gasteiger partial charge in [0, 0.05) is 44.7 Å². The minimum atomic E-state index is -0.192. The summed E-state index contributed by atoms with van der Waals surface area (Å²) in [6.45, 7) is 0. The van der Waals surface area contributed by atoms with Crippen LogP contribution in [-0.2, 0) is 6.42 Å². The summed E-state index contributed by atoms with van der Waals surface area (Å²) in [5.74, 6) is -0.192. The smallest absolute Gasteiger partial charge is 0.255 e. The molecule has 0 bridgehead atoms. The van der Waals surface area contributed by atoms with E-state index in [1.807, 2.05) is 42.6 Å². The van der Waals surface area contributed by atoms with E-state index in [9.17, 15) is 4.79 Å². The lowest BCUT2D eigenvalue weighted by Crippen LogP contribution is -2.11. The molecule has 4 nitrogen and oxygen atoms in total. The maximum atomic E-state index is 12.6. The van der Waals surface area contributed by atoms with Gasteiger partial charge in [-0.15, -0.1) is 0 Å². The number of nitrogens with zero attached hydrogens (tertiary/aromatic N) is 1. The Bertz CT molecular complexity index is 1380. The van der Waals surface area contributed by atoms with Gasteiger partial charge in [-0.05, 0) is 48.0 Å². The molecule has 3 aromatic carbocycles. The molecule has 0 fully saturated rings. The van der Waals surface area contributed by atoms with Crippen LogP contribution >= 0.6 is 11.6 Å². The third-order valence-electron chi connectivity index (χ3n) is 5.11. The van der Waals surface area contributed by atoms with Gasteiger partial charge in [-0.1, -0.05) is 48.0 Å². The van der Waals surface area contributed by atoms with Crippen molar-refractivity contribution < 1.29 is 4.79 Å². The predicted molar refractivity (Wildman–Crippen MR) is 122 cm³/mol. The zero-order valence-electron chi connectivity index (χ0n) is 16.0. The summed E-state index contributed by atoms with van der Waals surface area (Å²) >= 11 is 6.00. The van der Waals surface area contributed by atoms with E-state index in [1.54, 1.807) is 24.3 Å². The summed E-state index contributed by atoms with van der Waals surface area (Å²) in [6.07, 6.45) is 2.65. The van der Waals surface area contributed by atoms with Crippen LogP contribution in [0.5, 0.6) is 0 Å². The fourth-order valence-electron chi connectivity index (χ4n) is 3.65. The molecule has 0 aliphatic rings. The van der Waals surface area contributed by atoms with Crippen molar-refractivity contribution in [2.45, 2.75) is 6.42 Å². The first kappa shape index (κ1) is 18.4. The van der Waals surface area contributed by atoms with Gasteiger partial charge in [-0.25, -0.2) is 0 Å². The molecular weight excluding hydrogens is 394 g/mol. The van der Waals surface area contributed by atoms with Crippen LogP contribution < -0.4 is 5.32 Å². The van der Waals surface area contributed by atoms with Gasteiger partial charge in [0.1, 0.15) is 0 Å². The Kier molecular flexibility index (Phi) is 4.69. The second-order valence-corrected chi connectivity index (χ2v) is 7.67. The molecule has 0 aliphatic carbocycles. The van der Waals surface area contributed by atoms with Crippen LogP contribution in [0.25, 0.3) is 21.8 Å². The number of hydrogen-bond acceptors (Lipinski definition) is 2. The Hall–Kier alpha value is -3.63. The quantitative estimate of drug-likeness (QED) is 0.369. The summed E-state index contributed by atoms with van der Waals surface area (Å²) in [5.41, 5.74) is 5.46. The number of aromatic nitrogens is 2. The molecule has 0 saturated carbocycles. The fourth-order valence-corrected chi connectivity index (χ4v) is 3.84. The number of aromatic amines is 1. The maximum Gasteiger partial charge on any atom is 0.255 e. The Morgan fingerprint density at radius 1 is 0.900 bits per heavy atom. The number of rotatable bonds is 4. The number of halogens is 1. The summed E-state index contributed by atoms with van der Waals surface area (Å²) in [6, 6.07) is 25.2. The van der Waals surface area contributed by atoms with Crippen molar-refractivity contribution in [1.82, 2.24) is 9.97 Å². The van der Waals surface area contributed by atoms with Crippen molar-refractivity contribution in [3.63, 3.8) is 0 Å². The van der Waals surface area contributed by atoms with Gasteiger partial charge in [-0.2, -0.15) is 0 Å². The molecule has 5 rings (SSSR count). The molecule has 0 aliphatic heterocycles. The third kappa shape index (κ3) is 3.65. The molecule has 5 aromatic rings. The number of carbonyl (C=O) groups excluding carboxylic acids is 1. The van der Waals surface area contributed by atoms with Crippen molar-refractivity contribution in [2.24, 2.45) is 0 Å². The molecule has 0 saturated heterocycles. The highest BCUT2D eigenvalue weighted by atomic mass is 35.5. The Labute approximate surface area is 178 Å². The number of pyridine rings is 1. The molecule has 1 amide bonds. The topological polar surface area (TPSA) is 57.8 Å². The van der Waals surface area contributed by atoms with E-state index in [1.165, 1.54) is 5.56 Å². The number of anilines is 1. The van der Waals surface area contributed by atoms with Crippen molar-refractivity contribution in [3.05, 3.63) is 107 Å². The lowest BCUT2D eigenvalue weighted by molar-refractivity contribution is 0.102. The fraction of sp³-hybridized carbons (Fsp3) is 0.0400. The summed E-state index contributed by atoms with van der Waals surface area (Å²) in [7, 11) is 0. The van der Waals surface area contributed by atoms with Crippen LogP contribution in [0, 0.1) is 0 Å². The van der Waals surface area contributed by atoms with Gasteiger partial charge >= 0.3 is 0 Å². The number of hydrogen-bond donors (Lipinski definition) is 2. The molecule has 2 N–H and O–H groups in total. The van der Waals surface area contributed by atoms with Gasteiger partial charge in [0.25, 0.3) is 5.91 Å². The van der Waals surface area contributed by atoms with Gasteiger partial charge < -0.3 is 10.3 Å². The molecule has 30 heavy (non-hydrogen) atoms. The number of amides is 1. The molecule has 146 valence electrons. The Morgan fingerprint density at radius 2 is 1.73 bits per heavy atom. The van der Waals surface area contributed by atoms with Gasteiger partial charge in [-0.3, -0.25) is 9.78 Å². The largest absolute Gasteiger partial charge is 0.353 e. The highest BCUT2D eigenvalue weighted by Crippen LogP contribution is 2.28. The molecule has 0 atom stereocenters. The van der Waals surface area contributed by atoms with Crippen molar-refractivity contribution in [1.29, 1.82) is 0 Å². The SMILES string of the molecule is O=C(Nc1ccc2[nH]c3cnc(Cc4ccccc4)cc3c2c1)c1cccc(Cl)c1. The van der Waals surface area contributed by atoms with Gasteiger partial charge in [0.05, 0.1) is 11.7 Å². The van der Waals surface area contributed by atoms with E-state index in [0.717, 1.165) is 39.6 Å². The number of nitrogens with one attached hydrogen (secondary N) is 2. The summed E-state index contributed by atoms with van der Waals surface area (Å²) in [5, 5.41) is 5.63. The Balaban J connectivity index is 1.48. The molecular formula is C25H18ClN3O. The van der Waals surface area contributed by atoms with E-state index in [0.29, 0.717) is 10.6 Å². The van der Waals surface area contributed by atoms with Crippen LogP contribution in [0.1, 0.15) is 21.6 Å². The molecule has 5 heteroatoms. The Morgan fingerprint density at radius 3 is 2.57 bits per heavy atom. The van der Waals surface area contributed by atoms with Crippen LogP contribution in [0.15, 0.2) is 85.1 Å². The average Bonchev–Trinajstić information content (AvgIpc) is 3.12. The van der Waals surface area contributed by atoms with E-state index < -0.39 is 0 Å². The molecule has 2 aromatic heterocycles. The number of benzene rings is 3. The lowest BCUT2D eigenvalue weighted by Gasteiger charge is -2.06. The highest BCUT2D eigenvalue weighted by Gasteiger charge is 2.10. The maximum absolute atomic E-state index is 12.6. The van der Waals surface area contributed by atoms with E-state index in [4.69, 9.17) is 11.6 Å². The van der Waals surface area contributed by atoms with Crippen LogP contribution in [0.2, 0.25) is 5.02 Å². The number of fused-ring (bicyclic) bond motifs is 3. The first-order valence-electron chi connectivity index (χ1n) is 9.67. The molecule has 0 radical (unpaired) electrons. The molecule has 0 spiro atoms. The summed E-state index contributed by atoms with van der Waals surface area (Å²) in [4.78, 5) is 20.6. The standard InChI is InChI=1S/C25H18ClN3O/c26-18-8-4-7-17(12-18)25(30)28-19-9-10-23-21(13-19)22-14-20(27-15-24(22)29-23)11-16-5-2-1-3-6-16/h1-10,12-15,29H,11H2,(H,28,30). The van der Waals surface area contributed by atoms with E-state index in [-0.39, 0.29) is 5.91 Å². The lowest BCUT2D eigenvalue weighted by atomic mass is 10.1. The van der Waals surface area contributed by atoms with Crippen molar-refractivity contribution >= 4 is 45.0 Å². The van der Waals surface area contributed by atoms with Crippen LogP contribution in [0.3, 0.4) is 0 Å². The highest BCUT2D eigenvalue weighted by molar-refractivity contribution is 6.31. The third-order valence-corrected chi connectivity index (χ3v) is 5.35. The summed E-state index contributed by atoms with van der Waals surface area (Å²) < 4.78 is 0. The first-order valence-corrected chi connectivity index (χ1v) is 10.0. The van der Waals surface area contributed by atoms with Gasteiger partial charge in [0.15, 0.2) is 0 Å². The zero-order chi connectivity index (χ0) is 20.5. The minimum absolute atomic E-state index is 0.192. The first-order chi connectivity index (χ1) is 14.7. The van der Waals surface area contributed by atoms with Crippen LogP contribution in [0.4, 0.5) is 5.69 Å². The molecule has 0 unspecified atom stereocenters. The van der Waals surface area contributed by atoms with Crippen molar-refractivity contribution in [3.8, 4) is 0 Å². The number of H-pyrrole nitrogens is 1. The van der Waals surface area contributed by atoms with E-state index in [2.05, 4.69) is 33.5 Å². The monoisotopic (exact) mass is 411 g/mol. The van der Waals surface area contributed by atoms with E-state index >= 15 is 0 Å². The predicted octanol–water partition coefficient (Wildman–Crippen LogP) is 6.21. The molecule has 2 heterocycles. The second-order valence-electron chi connectivity index (χ2n) is 7.23.